The van der Waals surface area contributed by atoms with Gasteiger partial charge in [-0.05, 0) is 6.07 Å². The van der Waals surface area contributed by atoms with Crippen molar-refractivity contribution in [2.75, 3.05) is 5.73 Å². The monoisotopic (exact) mass is 307 g/mol. The number of halogens is 4. The Morgan fingerprint density at radius 2 is 1.47 bits per heavy atom. The molecule has 0 atom stereocenters. The number of hydrogen-bond donors (Lipinski definition) is 1. The molecule has 2 aromatic rings. The van der Waals surface area contributed by atoms with Crippen LogP contribution in [0.15, 0.2) is 18.5 Å². The van der Waals surface area contributed by atoms with E-state index in [0.29, 0.717) is 27.1 Å². The van der Waals surface area contributed by atoms with Crippen LogP contribution in [-0.4, -0.2) is 9.97 Å². The molecule has 3 nitrogen and oxygen atoms in total. The third kappa shape index (κ3) is 2.43. The van der Waals surface area contributed by atoms with Gasteiger partial charge in [-0.3, -0.25) is 4.98 Å². The number of benzene rings is 1. The number of nitrogens with two attached hydrogens (primary N) is 1. The molecule has 2 N–H and O–H groups in total. The summed E-state index contributed by atoms with van der Waals surface area (Å²) in [4.78, 5) is 7.99. The zero-order valence-corrected chi connectivity index (χ0v) is 11.2. The summed E-state index contributed by atoms with van der Waals surface area (Å²) < 4.78 is 0. The van der Waals surface area contributed by atoms with Crippen molar-refractivity contribution in [1.82, 2.24) is 9.97 Å². The lowest BCUT2D eigenvalue weighted by atomic mass is 10.1. The topological polar surface area (TPSA) is 51.8 Å². The molecule has 0 saturated heterocycles. The second-order valence-electron chi connectivity index (χ2n) is 3.17. The Morgan fingerprint density at radius 1 is 0.882 bits per heavy atom. The summed E-state index contributed by atoms with van der Waals surface area (Å²) in [6.07, 6.45) is 2.85. The first-order valence-corrected chi connectivity index (χ1v) is 5.92. The molecule has 0 radical (unpaired) electrons. The molecular weight excluding hydrogens is 304 g/mol. The van der Waals surface area contributed by atoms with Crippen molar-refractivity contribution in [3.8, 4) is 11.3 Å². The fourth-order valence-corrected chi connectivity index (χ4v) is 2.27. The van der Waals surface area contributed by atoms with Crippen LogP contribution in [0.25, 0.3) is 11.3 Å². The Kier molecular flexibility index (Phi) is 3.64. The third-order valence-corrected chi connectivity index (χ3v) is 3.61. The van der Waals surface area contributed by atoms with Crippen LogP contribution in [0, 0.1) is 0 Å². The molecule has 1 aromatic heterocycles. The van der Waals surface area contributed by atoms with E-state index >= 15 is 0 Å². The Balaban J connectivity index is 2.70. The second-order valence-corrected chi connectivity index (χ2v) is 4.74. The molecule has 0 bridgehead atoms. The van der Waals surface area contributed by atoms with Crippen molar-refractivity contribution in [1.29, 1.82) is 0 Å². The summed E-state index contributed by atoms with van der Waals surface area (Å²) in [6, 6.07) is 1.47. The van der Waals surface area contributed by atoms with Gasteiger partial charge >= 0.3 is 0 Å². The van der Waals surface area contributed by atoms with Crippen LogP contribution < -0.4 is 5.73 Å². The van der Waals surface area contributed by atoms with Crippen LogP contribution in [0.2, 0.25) is 20.1 Å². The highest BCUT2D eigenvalue weighted by Gasteiger charge is 2.16. The highest BCUT2D eigenvalue weighted by atomic mass is 35.5. The number of nitrogen functional groups attached to an aromatic ring is 1. The first-order valence-electron chi connectivity index (χ1n) is 4.41. The molecule has 0 amide bonds. The summed E-state index contributed by atoms with van der Waals surface area (Å²) in [6.45, 7) is 0. The van der Waals surface area contributed by atoms with E-state index in [0.717, 1.165) is 0 Å². The first-order chi connectivity index (χ1) is 8.00. The molecular formula is C10H5Cl4N3. The summed E-state index contributed by atoms with van der Waals surface area (Å²) in [7, 11) is 0. The van der Waals surface area contributed by atoms with Crippen molar-refractivity contribution in [2.45, 2.75) is 0 Å². The third-order valence-electron chi connectivity index (χ3n) is 2.04. The van der Waals surface area contributed by atoms with Gasteiger partial charge in [-0.1, -0.05) is 46.4 Å². The van der Waals surface area contributed by atoms with Gasteiger partial charge < -0.3 is 5.73 Å². The average molecular weight is 309 g/mol. The minimum Gasteiger partial charge on any atom is -0.382 e. The Hall–Kier alpha value is -0.740. The number of aromatic nitrogens is 2. The fourth-order valence-electron chi connectivity index (χ4n) is 1.27. The number of rotatable bonds is 1. The van der Waals surface area contributed by atoms with E-state index in [-0.39, 0.29) is 10.0 Å². The van der Waals surface area contributed by atoms with E-state index in [4.69, 9.17) is 52.1 Å². The van der Waals surface area contributed by atoms with Crippen LogP contribution in [0.4, 0.5) is 5.82 Å². The quantitative estimate of drug-likeness (QED) is 0.797. The number of hydrogen-bond acceptors (Lipinski definition) is 3. The molecule has 0 unspecified atom stereocenters. The van der Waals surface area contributed by atoms with Gasteiger partial charge in [0.1, 0.15) is 5.82 Å². The average Bonchev–Trinajstić information content (AvgIpc) is 2.29. The maximum atomic E-state index is 6.07. The largest absolute Gasteiger partial charge is 0.382 e. The van der Waals surface area contributed by atoms with Gasteiger partial charge in [-0.25, -0.2) is 4.98 Å². The highest BCUT2D eigenvalue weighted by molar-refractivity contribution is 6.50. The van der Waals surface area contributed by atoms with E-state index in [9.17, 15) is 0 Å². The molecule has 0 aliphatic rings. The standard InChI is InChI=1S/C10H5Cl4N3/c11-4-1-5(12)10(14)8(9(4)13)6-2-17-7(15)3-16-6/h1-3H,(H2,15,17). The highest BCUT2D eigenvalue weighted by Crippen LogP contribution is 2.42. The predicted octanol–water partition coefficient (Wildman–Crippen LogP) is 4.34. The van der Waals surface area contributed by atoms with Gasteiger partial charge in [0, 0.05) is 5.56 Å². The molecule has 1 heterocycles. The maximum absolute atomic E-state index is 6.07. The van der Waals surface area contributed by atoms with Crippen molar-refractivity contribution in [3.05, 3.63) is 38.6 Å². The van der Waals surface area contributed by atoms with Crippen molar-refractivity contribution >= 4 is 52.2 Å². The zero-order chi connectivity index (χ0) is 12.6. The van der Waals surface area contributed by atoms with Gasteiger partial charge in [0.15, 0.2) is 0 Å². The van der Waals surface area contributed by atoms with E-state index in [1.165, 1.54) is 18.5 Å². The summed E-state index contributed by atoms with van der Waals surface area (Å²) in [5.41, 5.74) is 6.35. The predicted molar refractivity (Wildman–Crippen MR) is 71.9 cm³/mol. The van der Waals surface area contributed by atoms with Gasteiger partial charge in [-0.2, -0.15) is 0 Å². The van der Waals surface area contributed by atoms with Gasteiger partial charge in [0.2, 0.25) is 0 Å². The molecule has 88 valence electrons. The summed E-state index contributed by atoms with van der Waals surface area (Å²) >= 11 is 24.0. The maximum Gasteiger partial charge on any atom is 0.141 e. The van der Waals surface area contributed by atoms with E-state index < -0.39 is 0 Å². The molecule has 7 heteroatoms. The number of nitrogens with zero attached hydrogens (tertiary/aromatic N) is 2. The molecule has 0 fully saturated rings. The molecule has 2 rings (SSSR count). The lowest BCUT2D eigenvalue weighted by molar-refractivity contribution is 1.22. The lowest BCUT2D eigenvalue weighted by Gasteiger charge is -2.09. The Bertz CT molecular complexity index is 543. The van der Waals surface area contributed by atoms with Gasteiger partial charge in [-0.15, -0.1) is 0 Å². The fraction of sp³-hybridized carbons (Fsp3) is 0. The van der Waals surface area contributed by atoms with Crippen LogP contribution in [0.1, 0.15) is 0 Å². The van der Waals surface area contributed by atoms with Crippen LogP contribution in [0.5, 0.6) is 0 Å². The van der Waals surface area contributed by atoms with E-state index in [1.54, 1.807) is 0 Å². The zero-order valence-electron chi connectivity index (χ0n) is 8.22. The lowest BCUT2D eigenvalue weighted by Crippen LogP contribution is -1.94. The van der Waals surface area contributed by atoms with Crippen molar-refractivity contribution in [3.63, 3.8) is 0 Å². The minimum absolute atomic E-state index is 0.278. The Labute approximate surface area is 117 Å². The second kappa shape index (κ2) is 4.86. The van der Waals surface area contributed by atoms with Crippen molar-refractivity contribution < 1.29 is 0 Å². The van der Waals surface area contributed by atoms with E-state index in [1.807, 2.05) is 0 Å². The van der Waals surface area contributed by atoms with Crippen LogP contribution in [0.3, 0.4) is 0 Å². The SMILES string of the molecule is Nc1cnc(-c2c(Cl)c(Cl)cc(Cl)c2Cl)cn1. The normalized spacial score (nSPS) is 10.6. The minimum atomic E-state index is 0.278. The van der Waals surface area contributed by atoms with E-state index in [2.05, 4.69) is 9.97 Å². The first kappa shape index (κ1) is 12.7. The van der Waals surface area contributed by atoms with Gasteiger partial charge in [0.25, 0.3) is 0 Å². The smallest absolute Gasteiger partial charge is 0.141 e. The molecule has 0 spiro atoms. The Morgan fingerprint density at radius 3 is 1.94 bits per heavy atom. The molecule has 0 aliphatic carbocycles. The summed E-state index contributed by atoms with van der Waals surface area (Å²) in [5, 5.41) is 1.16. The number of anilines is 1. The van der Waals surface area contributed by atoms with Crippen molar-refractivity contribution in [2.24, 2.45) is 0 Å². The molecule has 0 saturated carbocycles. The van der Waals surface area contributed by atoms with Gasteiger partial charge in [0.05, 0.1) is 38.2 Å². The molecule has 17 heavy (non-hydrogen) atoms. The molecule has 1 aromatic carbocycles. The summed E-state index contributed by atoms with van der Waals surface area (Å²) in [5.74, 6) is 0.300. The van der Waals surface area contributed by atoms with Crippen LogP contribution in [-0.2, 0) is 0 Å². The van der Waals surface area contributed by atoms with Crippen LogP contribution >= 0.6 is 46.4 Å². The molecule has 0 aliphatic heterocycles.